The topological polar surface area (TPSA) is 92.5 Å². The number of halogens is 1. The number of hydrogen-bond donors (Lipinski definition) is 2. The summed E-state index contributed by atoms with van der Waals surface area (Å²) in [5.41, 5.74) is 5.89. The van der Waals surface area contributed by atoms with Crippen LogP contribution in [0.1, 0.15) is 26.7 Å². The Morgan fingerprint density at radius 3 is 2.58 bits per heavy atom. The van der Waals surface area contributed by atoms with E-state index in [9.17, 15) is 13.2 Å². The first-order valence-electron chi connectivity index (χ1n) is 6.26. The number of nitrogens with two attached hydrogens (primary N) is 1. The maximum Gasteiger partial charge on any atom is 0.239 e. The Hall–Kier alpha value is -0.370. The van der Waals surface area contributed by atoms with Gasteiger partial charge in [-0.1, -0.05) is 20.3 Å². The van der Waals surface area contributed by atoms with Crippen LogP contribution >= 0.6 is 12.4 Å². The summed E-state index contributed by atoms with van der Waals surface area (Å²) in [4.78, 5) is 13.7. The van der Waals surface area contributed by atoms with Crippen LogP contribution in [0.4, 0.5) is 0 Å². The lowest BCUT2D eigenvalue weighted by Gasteiger charge is -2.24. The van der Waals surface area contributed by atoms with Crippen LogP contribution in [0, 0.1) is 5.92 Å². The summed E-state index contributed by atoms with van der Waals surface area (Å²) < 4.78 is 24.7. The van der Waals surface area contributed by atoms with E-state index in [4.69, 9.17) is 5.73 Å². The number of likely N-dealkylation sites (tertiary alicyclic amines) is 1. The van der Waals surface area contributed by atoms with Gasteiger partial charge in [0.15, 0.2) is 0 Å². The third-order valence-corrected chi connectivity index (χ3v) is 4.18. The molecule has 1 heterocycles. The van der Waals surface area contributed by atoms with Crippen molar-refractivity contribution >= 4 is 28.3 Å². The van der Waals surface area contributed by atoms with E-state index < -0.39 is 16.1 Å². The molecule has 0 spiro atoms. The zero-order valence-corrected chi connectivity index (χ0v) is 13.3. The largest absolute Gasteiger partial charge is 0.340 e. The molecule has 0 aromatic carbocycles. The van der Waals surface area contributed by atoms with Gasteiger partial charge in [0.2, 0.25) is 15.9 Å². The SMILES string of the molecule is CCC(C)C(N)C(=O)N1CCC(NS(C)(=O)=O)C1.Cl. The minimum absolute atomic E-state index is 0. The van der Waals surface area contributed by atoms with Crippen molar-refractivity contribution in [2.24, 2.45) is 11.7 Å². The number of rotatable bonds is 5. The summed E-state index contributed by atoms with van der Waals surface area (Å²) in [5, 5.41) is 0. The molecule has 0 bridgehead atoms. The van der Waals surface area contributed by atoms with Crippen molar-refractivity contribution in [2.75, 3.05) is 19.3 Å². The predicted octanol–water partition coefficient (Wildman–Crippen LogP) is -0.0683. The van der Waals surface area contributed by atoms with Gasteiger partial charge in [0, 0.05) is 19.1 Å². The third-order valence-electron chi connectivity index (χ3n) is 3.42. The van der Waals surface area contributed by atoms with E-state index in [2.05, 4.69) is 4.72 Å². The van der Waals surface area contributed by atoms with Gasteiger partial charge in [-0.2, -0.15) is 0 Å². The van der Waals surface area contributed by atoms with E-state index in [0.29, 0.717) is 19.5 Å². The van der Waals surface area contributed by atoms with Gasteiger partial charge in [0.1, 0.15) is 0 Å². The van der Waals surface area contributed by atoms with Gasteiger partial charge in [-0.15, -0.1) is 12.4 Å². The highest BCUT2D eigenvalue weighted by Crippen LogP contribution is 2.14. The van der Waals surface area contributed by atoms with Gasteiger partial charge in [-0.05, 0) is 12.3 Å². The molecule has 114 valence electrons. The maximum absolute atomic E-state index is 12.1. The molecule has 3 N–H and O–H groups in total. The third kappa shape index (κ3) is 5.64. The zero-order valence-electron chi connectivity index (χ0n) is 11.6. The van der Waals surface area contributed by atoms with Crippen LogP contribution < -0.4 is 10.5 Å². The highest BCUT2D eigenvalue weighted by molar-refractivity contribution is 7.88. The van der Waals surface area contributed by atoms with Gasteiger partial charge < -0.3 is 10.6 Å². The van der Waals surface area contributed by atoms with Crippen LogP contribution in [0.25, 0.3) is 0 Å². The fraction of sp³-hybridized carbons (Fsp3) is 0.909. The Balaban J connectivity index is 0.00000324. The summed E-state index contributed by atoms with van der Waals surface area (Å²) in [6, 6.07) is -0.680. The number of nitrogens with one attached hydrogen (secondary N) is 1. The Morgan fingerprint density at radius 2 is 2.11 bits per heavy atom. The van der Waals surface area contributed by atoms with Crippen LogP contribution in [0.5, 0.6) is 0 Å². The summed E-state index contributed by atoms with van der Waals surface area (Å²) in [7, 11) is -3.22. The van der Waals surface area contributed by atoms with Crippen molar-refractivity contribution in [2.45, 2.75) is 38.8 Å². The lowest BCUT2D eigenvalue weighted by atomic mass is 9.99. The van der Waals surface area contributed by atoms with Crippen molar-refractivity contribution in [1.82, 2.24) is 9.62 Å². The van der Waals surface area contributed by atoms with Gasteiger partial charge in [-0.3, -0.25) is 4.79 Å². The van der Waals surface area contributed by atoms with E-state index in [1.807, 2.05) is 13.8 Å². The van der Waals surface area contributed by atoms with Crippen molar-refractivity contribution in [3.63, 3.8) is 0 Å². The second kappa shape index (κ2) is 7.42. The van der Waals surface area contributed by atoms with Crippen molar-refractivity contribution in [3.05, 3.63) is 0 Å². The molecule has 0 radical (unpaired) electrons. The molecule has 1 aliphatic heterocycles. The molecule has 8 heteroatoms. The van der Waals surface area contributed by atoms with Gasteiger partial charge in [0.05, 0.1) is 12.3 Å². The fourth-order valence-electron chi connectivity index (χ4n) is 2.07. The van der Waals surface area contributed by atoms with Crippen molar-refractivity contribution < 1.29 is 13.2 Å². The Kier molecular flexibility index (Phi) is 7.28. The monoisotopic (exact) mass is 313 g/mol. The molecule has 3 atom stereocenters. The van der Waals surface area contributed by atoms with Crippen LogP contribution in [-0.2, 0) is 14.8 Å². The number of carbonyl (C=O) groups is 1. The van der Waals surface area contributed by atoms with Crippen LogP contribution in [-0.4, -0.2) is 50.7 Å². The lowest BCUT2D eigenvalue weighted by molar-refractivity contribution is -0.132. The molecule has 0 aromatic heterocycles. The summed E-state index contributed by atoms with van der Waals surface area (Å²) in [6.45, 7) is 4.92. The standard InChI is InChI=1S/C11H23N3O3S.ClH/c1-4-8(2)10(12)11(15)14-6-5-9(7-14)13-18(3,16)17;/h8-10,13H,4-7,12H2,1-3H3;1H. The summed E-state index contributed by atoms with van der Waals surface area (Å²) in [5.74, 6) is 0.0570. The molecule has 1 fully saturated rings. The highest BCUT2D eigenvalue weighted by atomic mass is 35.5. The summed E-state index contributed by atoms with van der Waals surface area (Å²) >= 11 is 0. The molecule has 1 aliphatic rings. The number of nitrogens with zero attached hydrogens (tertiary/aromatic N) is 1. The molecule has 1 rings (SSSR count). The van der Waals surface area contributed by atoms with Crippen LogP contribution in [0.15, 0.2) is 0 Å². The van der Waals surface area contributed by atoms with Gasteiger partial charge in [-0.25, -0.2) is 13.1 Å². The molecular formula is C11H24ClN3O3S. The first-order chi connectivity index (χ1) is 8.24. The minimum Gasteiger partial charge on any atom is -0.340 e. The minimum atomic E-state index is -3.22. The predicted molar refractivity (Wildman–Crippen MR) is 77.6 cm³/mol. The number of hydrogen-bond acceptors (Lipinski definition) is 4. The van der Waals surface area contributed by atoms with E-state index in [1.54, 1.807) is 4.90 Å². The number of sulfonamides is 1. The summed E-state index contributed by atoms with van der Waals surface area (Å²) in [6.07, 6.45) is 2.63. The second-order valence-electron chi connectivity index (χ2n) is 5.07. The average Bonchev–Trinajstić information content (AvgIpc) is 2.71. The second-order valence-corrected chi connectivity index (χ2v) is 6.85. The van der Waals surface area contributed by atoms with Crippen LogP contribution in [0.3, 0.4) is 0 Å². The average molecular weight is 314 g/mol. The van der Waals surface area contributed by atoms with E-state index in [-0.39, 0.29) is 30.3 Å². The highest BCUT2D eigenvalue weighted by Gasteiger charge is 2.32. The normalized spacial score (nSPS) is 22.7. The molecule has 19 heavy (non-hydrogen) atoms. The first-order valence-corrected chi connectivity index (χ1v) is 8.15. The Morgan fingerprint density at radius 1 is 1.53 bits per heavy atom. The van der Waals surface area contributed by atoms with Crippen molar-refractivity contribution in [1.29, 1.82) is 0 Å². The maximum atomic E-state index is 12.1. The molecule has 3 unspecified atom stereocenters. The molecule has 6 nitrogen and oxygen atoms in total. The first kappa shape index (κ1) is 18.6. The van der Waals surface area contributed by atoms with Gasteiger partial charge >= 0.3 is 0 Å². The molecular weight excluding hydrogens is 290 g/mol. The number of carbonyl (C=O) groups excluding carboxylic acids is 1. The lowest BCUT2D eigenvalue weighted by Crippen LogP contribution is -2.47. The van der Waals surface area contributed by atoms with E-state index >= 15 is 0 Å². The fourth-order valence-corrected chi connectivity index (χ4v) is 2.87. The number of amides is 1. The molecule has 1 amide bonds. The molecule has 0 aromatic rings. The van der Waals surface area contributed by atoms with Crippen molar-refractivity contribution in [3.8, 4) is 0 Å². The molecule has 1 saturated heterocycles. The smallest absolute Gasteiger partial charge is 0.239 e. The Labute approximate surface area is 121 Å². The molecule has 0 saturated carbocycles. The van der Waals surface area contributed by atoms with Gasteiger partial charge in [0.25, 0.3) is 0 Å². The van der Waals surface area contributed by atoms with E-state index in [1.165, 1.54) is 0 Å². The van der Waals surface area contributed by atoms with E-state index in [0.717, 1.165) is 12.7 Å². The zero-order chi connectivity index (χ0) is 13.9. The quantitative estimate of drug-likeness (QED) is 0.743. The Bertz CT molecular complexity index is 402. The van der Waals surface area contributed by atoms with Crippen LogP contribution in [0.2, 0.25) is 0 Å². The molecule has 0 aliphatic carbocycles.